The monoisotopic (exact) mass is 439 g/mol. The van der Waals surface area contributed by atoms with Crippen LogP contribution in [0.4, 0.5) is 0 Å². The smallest absolute Gasteiger partial charge is 0.250 e. The molecule has 1 fully saturated rings. The highest BCUT2D eigenvalue weighted by Gasteiger charge is 2.18. The normalized spacial score (nSPS) is 16.1. The number of hydrogen-bond acceptors (Lipinski definition) is 5. The summed E-state index contributed by atoms with van der Waals surface area (Å²) in [6, 6.07) is 1.70. The first-order valence-corrected chi connectivity index (χ1v) is 9.27. The van der Waals surface area contributed by atoms with E-state index in [9.17, 15) is 8.42 Å². The zero-order chi connectivity index (χ0) is 13.9. The third-order valence-electron chi connectivity index (χ3n) is 3.03. The Morgan fingerprint density at radius 2 is 2.00 bits per heavy atom. The van der Waals surface area contributed by atoms with Crippen molar-refractivity contribution in [2.75, 3.05) is 39.3 Å². The molecule has 2 N–H and O–H groups in total. The molecule has 0 aromatic carbocycles. The van der Waals surface area contributed by atoms with Crippen molar-refractivity contribution in [3.8, 4) is 0 Å². The minimum atomic E-state index is -3.37. The number of nitrogens with zero attached hydrogens (tertiary/aromatic N) is 1. The number of hydrogen-bond donors (Lipinski definition) is 2. The third-order valence-corrected chi connectivity index (χ3v) is 7.10. The molecule has 124 valence electrons. The van der Waals surface area contributed by atoms with Gasteiger partial charge in [-0.3, -0.25) is 4.90 Å². The average Bonchev–Trinajstić information content (AvgIpc) is 2.72. The molecule has 1 aliphatic heterocycles. The first-order chi connectivity index (χ1) is 8.99. The fourth-order valence-corrected chi connectivity index (χ4v) is 5.20. The van der Waals surface area contributed by atoms with Gasteiger partial charge in [-0.1, -0.05) is 0 Å². The van der Waals surface area contributed by atoms with Crippen LogP contribution in [0.1, 0.15) is 5.56 Å². The van der Waals surface area contributed by atoms with Crippen LogP contribution in [0.3, 0.4) is 0 Å². The van der Waals surface area contributed by atoms with E-state index >= 15 is 0 Å². The van der Waals surface area contributed by atoms with Crippen LogP contribution in [0.5, 0.6) is 0 Å². The lowest BCUT2D eigenvalue weighted by atomic mass is 10.3. The maximum absolute atomic E-state index is 12.1. The van der Waals surface area contributed by atoms with Gasteiger partial charge in [0.1, 0.15) is 4.21 Å². The molecule has 2 heterocycles. The zero-order valence-corrected chi connectivity index (χ0v) is 16.4. The molecular weight excluding hydrogens is 421 g/mol. The number of halogens is 3. The van der Waals surface area contributed by atoms with Gasteiger partial charge in [0.25, 0.3) is 0 Å². The van der Waals surface area contributed by atoms with Crippen LogP contribution < -0.4 is 10.0 Å². The highest BCUT2D eigenvalue weighted by Crippen LogP contribution is 2.30. The summed E-state index contributed by atoms with van der Waals surface area (Å²) in [5.74, 6) is 0. The quantitative estimate of drug-likeness (QED) is 0.733. The summed E-state index contributed by atoms with van der Waals surface area (Å²) >= 11 is 4.60. The Kier molecular flexibility index (Phi) is 9.94. The lowest BCUT2D eigenvalue weighted by Crippen LogP contribution is -2.46. The van der Waals surface area contributed by atoms with Gasteiger partial charge in [-0.25, -0.2) is 13.1 Å². The third kappa shape index (κ3) is 6.31. The van der Waals surface area contributed by atoms with Crippen LogP contribution in [0.15, 0.2) is 14.1 Å². The lowest BCUT2D eigenvalue weighted by Gasteiger charge is -2.26. The summed E-state index contributed by atoms with van der Waals surface area (Å²) in [5.41, 5.74) is 0.951. The van der Waals surface area contributed by atoms with Crippen molar-refractivity contribution in [3.05, 3.63) is 15.4 Å². The molecule has 0 saturated carbocycles. The second-order valence-corrected chi connectivity index (χ2v) is 8.88. The second kappa shape index (κ2) is 9.67. The van der Waals surface area contributed by atoms with Crippen molar-refractivity contribution in [2.24, 2.45) is 0 Å². The first-order valence-electron chi connectivity index (χ1n) is 6.18. The first kappa shape index (κ1) is 21.6. The number of thiophene rings is 1. The van der Waals surface area contributed by atoms with Crippen LogP contribution in [0.2, 0.25) is 0 Å². The van der Waals surface area contributed by atoms with Gasteiger partial charge in [-0.2, -0.15) is 0 Å². The predicted octanol–water partition coefficient (Wildman–Crippen LogP) is 1.85. The highest BCUT2D eigenvalue weighted by atomic mass is 79.9. The summed E-state index contributed by atoms with van der Waals surface area (Å²) in [6.45, 7) is 7.01. The average molecular weight is 441 g/mol. The molecule has 0 atom stereocenters. The molecule has 10 heteroatoms. The van der Waals surface area contributed by atoms with Crippen molar-refractivity contribution < 1.29 is 8.42 Å². The molecule has 1 aromatic rings. The van der Waals surface area contributed by atoms with Gasteiger partial charge in [-0.15, -0.1) is 36.2 Å². The summed E-state index contributed by atoms with van der Waals surface area (Å²) in [7, 11) is -3.37. The van der Waals surface area contributed by atoms with Crippen LogP contribution in [0, 0.1) is 6.92 Å². The van der Waals surface area contributed by atoms with Crippen LogP contribution >= 0.6 is 52.1 Å². The summed E-state index contributed by atoms with van der Waals surface area (Å²) < 4.78 is 28.1. The molecule has 0 amide bonds. The largest absolute Gasteiger partial charge is 0.314 e. The van der Waals surface area contributed by atoms with E-state index in [-0.39, 0.29) is 24.8 Å². The van der Waals surface area contributed by atoms with Crippen LogP contribution in [-0.4, -0.2) is 52.6 Å². The van der Waals surface area contributed by atoms with Gasteiger partial charge in [0.2, 0.25) is 10.0 Å². The van der Waals surface area contributed by atoms with Crippen LogP contribution in [0.25, 0.3) is 0 Å². The topological polar surface area (TPSA) is 61.4 Å². The Hall–Kier alpha value is 0.590. The van der Waals surface area contributed by atoms with Crippen molar-refractivity contribution in [1.82, 2.24) is 14.9 Å². The molecule has 5 nitrogen and oxygen atoms in total. The van der Waals surface area contributed by atoms with Crippen molar-refractivity contribution >= 4 is 62.1 Å². The highest BCUT2D eigenvalue weighted by molar-refractivity contribution is 9.11. The minimum absolute atomic E-state index is 0. The van der Waals surface area contributed by atoms with E-state index in [1.54, 1.807) is 6.07 Å². The molecule has 1 saturated heterocycles. The molecule has 1 aliphatic rings. The van der Waals surface area contributed by atoms with Gasteiger partial charge >= 0.3 is 0 Å². The summed E-state index contributed by atoms with van der Waals surface area (Å²) in [6.07, 6.45) is 0. The van der Waals surface area contributed by atoms with E-state index < -0.39 is 10.0 Å². The van der Waals surface area contributed by atoms with Gasteiger partial charge < -0.3 is 5.32 Å². The molecule has 0 spiro atoms. The maximum atomic E-state index is 12.1. The number of sulfonamides is 1. The number of rotatable bonds is 5. The minimum Gasteiger partial charge on any atom is -0.314 e. The SMILES string of the molecule is Cc1cc(S(=O)(=O)NCCN2CCNCC2)sc1Br.Cl.Cl. The number of piperazine rings is 1. The van der Waals surface area contributed by atoms with Gasteiger partial charge in [0.05, 0.1) is 3.79 Å². The second-order valence-electron chi connectivity index (χ2n) is 4.51. The molecule has 2 rings (SSSR count). The fraction of sp³-hybridized carbons (Fsp3) is 0.636. The summed E-state index contributed by atoms with van der Waals surface area (Å²) in [4.78, 5) is 2.26. The lowest BCUT2D eigenvalue weighted by molar-refractivity contribution is 0.245. The molecule has 21 heavy (non-hydrogen) atoms. The standard InChI is InChI=1S/C11H18BrN3O2S2.2ClH/c1-9-8-10(18-11(9)12)19(16,17)14-4-7-15-5-2-13-3-6-15;;/h8,13-14H,2-7H2,1H3;2*1H. The van der Waals surface area contributed by atoms with E-state index in [1.807, 2.05) is 6.92 Å². The molecule has 1 aromatic heterocycles. The molecular formula is C11H20BrCl2N3O2S2. The van der Waals surface area contributed by atoms with E-state index in [1.165, 1.54) is 11.3 Å². The molecule has 0 radical (unpaired) electrons. The van der Waals surface area contributed by atoms with Gasteiger partial charge in [-0.05, 0) is 34.5 Å². The van der Waals surface area contributed by atoms with E-state index in [2.05, 4.69) is 30.9 Å². The van der Waals surface area contributed by atoms with Crippen molar-refractivity contribution in [1.29, 1.82) is 0 Å². The molecule has 0 unspecified atom stereocenters. The van der Waals surface area contributed by atoms with E-state index in [4.69, 9.17) is 0 Å². The zero-order valence-electron chi connectivity index (χ0n) is 11.6. The van der Waals surface area contributed by atoms with E-state index in [0.29, 0.717) is 10.8 Å². The van der Waals surface area contributed by atoms with E-state index in [0.717, 1.165) is 42.1 Å². The Morgan fingerprint density at radius 1 is 1.38 bits per heavy atom. The number of aryl methyl sites for hydroxylation is 1. The molecule has 0 bridgehead atoms. The fourth-order valence-electron chi connectivity index (χ4n) is 1.91. The van der Waals surface area contributed by atoms with Gasteiger partial charge in [0.15, 0.2) is 0 Å². The van der Waals surface area contributed by atoms with Gasteiger partial charge in [0, 0.05) is 39.3 Å². The number of nitrogens with one attached hydrogen (secondary N) is 2. The Balaban J connectivity index is 0.00000200. The van der Waals surface area contributed by atoms with Crippen molar-refractivity contribution in [3.63, 3.8) is 0 Å². The maximum Gasteiger partial charge on any atom is 0.250 e. The Morgan fingerprint density at radius 3 is 2.52 bits per heavy atom. The van der Waals surface area contributed by atoms with Crippen LogP contribution in [-0.2, 0) is 10.0 Å². The Labute approximate surface area is 150 Å². The molecule has 0 aliphatic carbocycles. The summed E-state index contributed by atoms with van der Waals surface area (Å²) in [5, 5.41) is 3.27. The Bertz CT molecular complexity index is 514. The predicted molar refractivity (Wildman–Crippen MR) is 95.8 cm³/mol. The van der Waals surface area contributed by atoms with Crippen molar-refractivity contribution in [2.45, 2.75) is 11.1 Å².